The van der Waals surface area contributed by atoms with E-state index in [4.69, 9.17) is 11.6 Å². The monoisotopic (exact) mass is 284 g/mol. The summed E-state index contributed by atoms with van der Waals surface area (Å²) < 4.78 is 13.0. The molecule has 0 aliphatic rings. The molecule has 0 amide bonds. The van der Waals surface area contributed by atoms with Crippen LogP contribution in [0.1, 0.15) is 10.4 Å². The molecule has 0 bridgehead atoms. The van der Waals surface area contributed by atoms with Crippen LogP contribution in [0.15, 0.2) is 54.6 Å². The van der Waals surface area contributed by atoms with Crippen molar-refractivity contribution in [3.8, 4) is 11.1 Å². The Morgan fingerprint density at radius 3 is 2.25 bits per heavy atom. The number of hydrogen-bond donors (Lipinski definition) is 0. The minimum Gasteiger partial charge on any atom is -0.298 e. The van der Waals surface area contributed by atoms with Crippen LogP contribution in [0, 0.1) is 5.82 Å². The Morgan fingerprint density at radius 1 is 0.950 bits per heavy atom. The van der Waals surface area contributed by atoms with Crippen molar-refractivity contribution in [1.82, 2.24) is 0 Å². The van der Waals surface area contributed by atoms with Gasteiger partial charge in [-0.3, -0.25) is 4.79 Å². The Bertz CT molecular complexity index is 794. The molecule has 0 spiro atoms. The van der Waals surface area contributed by atoms with Gasteiger partial charge >= 0.3 is 0 Å². The maximum Gasteiger partial charge on any atom is 0.151 e. The molecule has 0 atom stereocenters. The highest BCUT2D eigenvalue weighted by Gasteiger charge is 2.12. The third kappa shape index (κ3) is 2.08. The third-order valence-corrected chi connectivity index (χ3v) is 3.62. The molecule has 0 aromatic heterocycles. The van der Waals surface area contributed by atoms with E-state index in [2.05, 4.69) is 0 Å². The van der Waals surface area contributed by atoms with Crippen LogP contribution in [0.3, 0.4) is 0 Å². The Labute approximate surface area is 120 Å². The molecule has 3 aromatic carbocycles. The summed E-state index contributed by atoms with van der Waals surface area (Å²) >= 11 is 6.28. The van der Waals surface area contributed by atoms with Crippen molar-refractivity contribution >= 4 is 28.7 Å². The minimum absolute atomic E-state index is 0.312. The van der Waals surface area contributed by atoms with Gasteiger partial charge in [0.15, 0.2) is 6.29 Å². The first kappa shape index (κ1) is 12.8. The molecular formula is C17H10ClFO. The first-order valence-corrected chi connectivity index (χ1v) is 6.51. The van der Waals surface area contributed by atoms with Crippen molar-refractivity contribution in [2.24, 2.45) is 0 Å². The molecule has 20 heavy (non-hydrogen) atoms. The van der Waals surface area contributed by atoms with Crippen LogP contribution in [-0.4, -0.2) is 6.29 Å². The van der Waals surface area contributed by atoms with Gasteiger partial charge < -0.3 is 0 Å². The topological polar surface area (TPSA) is 17.1 Å². The van der Waals surface area contributed by atoms with Crippen LogP contribution in [0.4, 0.5) is 4.39 Å². The van der Waals surface area contributed by atoms with Crippen LogP contribution < -0.4 is 0 Å². The zero-order valence-corrected chi connectivity index (χ0v) is 11.2. The molecule has 0 saturated heterocycles. The molecular weight excluding hydrogens is 275 g/mol. The normalized spacial score (nSPS) is 10.7. The van der Waals surface area contributed by atoms with Crippen molar-refractivity contribution in [3.05, 3.63) is 71.0 Å². The van der Waals surface area contributed by atoms with Gasteiger partial charge in [-0.2, -0.15) is 0 Å². The lowest BCUT2D eigenvalue weighted by Gasteiger charge is -2.10. The molecule has 0 aliphatic carbocycles. The highest BCUT2D eigenvalue weighted by atomic mass is 35.5. The number of carbonyl (C=O) groups is 1. The minimum atomic E-state index is -0.312. The number of carbonyl (C=O) groups excluding carboxylic acids is 1. The summed E-state index contributed by atoms with van der Waals surface area (Å²) in [5.74, 6) is -0.312. The summed E-state index contributed by atoms with van der Waals surface area (Å²) in [6.45, 7) is 0. The van der Waals surface area contributed by atoms with Crippen molar-refractivity contribution < 1.29 is 9.18 Å². The fourth-order valence-electron chi connectivity index (χ4n) is 2.35. The summed E-state index contributed by atoms with van der Waals surface area (Å²) in [5.41, 5.74) is 2.04. The van der Waals surface area contributed by atoms with Crippen molar-refractivity contribution in [3.63, 3.8) is 0 Å². The van der Waals surface area contributed by atoms with E-state index in [0.29, 0.717) is 16.1 Å². The van der Waals surface area contributed by atoms with Crippen LogP contribution in [0.25, 0.3) is 21.9 Å². The van der Waals surface area contributed by atoms with Gasteiger partial charge in [0.1, 0.15) is 5.82 Å². The maximum atomic E-state index is 13.0. The van der Waals surface area contributed by atoms with E-state index in [0.717, 1.165) is 22.6 Å². The Balaban J connectivity index is 2.35. The highest BCUT2D eigenvalue weighted by Crippen LogP contribution is 2.34. The van der Waals surface area contributed by atoms with E-state index in [-0.39, 0.29) is 5.82 Å². The van der Waals surface area contributed by atoms with Crippen molar-refractivity contribution in [2.75, 3.05) is 0 Å². The van der Waals surface area contributed by atoms with E-state index < -0.39 is 0 Å². The lowest BCUT2D eigenvalue weighted by atomic mass is 9.95. The summed E-state index contributed by atoms with van der Waals surface area (Å²) in [7, 11) is 0. The molecule has 0 aliphatic heterocycles. The van der Waals surface area contributed by atoms with Gasteiger partial charge in [-0.1, -0.05) is 48.0 Å². The summed E-state index contributed by atoms with van der Waals surface area (Å²) in [5, 5.41) is 2.21. The highest BCUT2D eigenvalue weighted by molar-refractivity contribution is 6.36. The molecule has 0 heterocycles. The number of hydrogen-bond acceptors (Lipinski definition) is 1. The zero-order chi connectivity index (χ0) is 14.1. The fraction of sp³-hybridized carbons (Fsp3) is 0. The molecule has 0 N–H and O–H groups in total. The fourth-order valence-corrected chi connectivity index (χ4v) is 2.62. The average molecular weight is 285 g/mol. The standard InChI is InChI=1S/C17H10ClFO/c18-17-9-15(11-5-7-12(19)8-6-11)16(10-20)13-3-1-2-4-14(13)17/h1-10H. The second kappa shape index (κ2) is 5.06. The Kier molecular flexibility index (Phi) is 3.25. The number of fused-ring (bicyclic) bond motifs is 1. The number of aldehydes is 1. The van der Waals surface area contributed by atoms with Crippen molar-refractivity contribution in [1.29, 1.82) is 0 Å². The van der Waals surface area contributed by atoms with Gasteiger partial charge in [-0.25, -0.2) is 4.39 Å². The van der Waals surface area contributed by atoms with Crippen molar-refractivity contribution in [2.45, 2.75) is 0 Å². The average Bonchev–Trinajstić information content (AvgIpc) is 2.48. The Hall–Kier alpha value is -2.19. The zero-order valence-electron chi connectivity index (χ0n) is 10.4. The van der Waals surface area contributed by atoms with Crippen LogP contribution in [0.5, 0.6) is 0 Å². The van der Waals surface area contributed by atoms with Gasteiger partial charge in [0, 0.05) is 16.0 Å². The van der Waals surface area contributed by atoms with E-state index in [1.807, 2.05) is 24.3 Å². The predicted molar refractivity (Wildman–Crippen MR) is 79.7 cm³/mol. The maximum absolute atomic E-state index is 13.0. The van der Waals surface area contributed by atoms with Crippen LogP contribution in [-0.2, 0) is 0 Å². The molecule has 0 unspecified atom stereocenters. The number of halogens is 2. The van der Waals surface area contributed by atoms with E-state index in [1.165, 1.54) is 12.1 Å². The first-order chi connectivity index (χ1) is 9.70. The lowest BCUT2D eigenvalue weighted by Crippen LogP contribution is -1.91. The van der Waals surface area contributed by atoms with E-state index in [9.17, 15) is 9.18 Å². The summed E-state index contributed by atoms with van der Waals surface area (Å²) in [6, 6.07) is 15.2. The van der Waals surface area contributed by atoms with Crippen LogP contribution >= 0.6 is 11.6 Å². The molecule has 98 valence electrons. The molecule has 3 heteroatoms. The third-order valence-electron chi connectivity index (χ3n) is 3.31. The first-order valence-electron chi connectivity index (χ1n) is 6.13. The largest absolute Gasteiger partial charge is 0.298 e. The smallest absolute Gasteiger partial charge is 0.151 e. The van der Waals surface area contributed by atoms with Gasteiger partial charge in [0.2, 0.25) is 0 Å². The quantitative estimate of drug-likeness (QED) is 0.598. The van der Waals surface area contributed by atoms with Crippen LogP contribution in [0.2, 0.25) is 5.02 Å². The molecule has 0 fully saturated rings. The molecule has 1 nitrogen and oxygen atoms in total. The summed E-state index contributed by atoms with van der Waals surface area (Å²) in [6.07, 6.45) is 0.817. The lowest BCUT2D eigenvalue weighted by molar-refractivity contribution is 0.112. The van der Waals surface area contributed by atoms with E-state index >= 15 is 0 Å². The van der Waals surface area contributed by atoms with Gasteiger partial charge in [-0.15, -0.1) is 0 Å². The van der Waals surface area contributed by atoms with Gasteiger partial charge in [0.25, 0.3) is 0 Å². The Morgan fingerprint density at radius 2 is 1.60 bits per heavy atom. The number of benzene rings is 3. The molecule has 3 rings (SSSR count). The summed E-state index contributed by atoms with van der Waals surface area (Å²) in [4.78, 5) is 11.5. The molecule has 3 aromatic rings. The predicted octanol–water partition coefficient (Wildman–Crippen LogP) is 5.11. The van der Waals surface area contributed by atoms with Gasteiger partial charge in [-0.05, 0) is 34.7 Å². The number of rotatable bonds is 2. The molecule has 0 saturated carbocycles. The second-order valence-corrected chi connectivity index (χ2v) is 4.90. The van der Waals surface area contributed by atoms with Gasteiger partial charge in [0.05, 0.1) is 0 Å². The second-order valence-electron chi connectivity index (χ2n) is 4.49. The SMILES string of the molecule is O=Cc1c(-c2ccc(F)cc2)cc(Cl)c2ccccc12. The molecule has 0 radical (unpaired) electrons. The van der Waals surface area contributed by atoms with E-state index in [1.54, 1.807) is 18.2 Å².